The van der Waals surface area contributed by atoms with Crippen molar-refractivity contribution in [3.05, 3.63) is 51.2 Å². The van der Waals surface area contributed by atoms with Crippen molar-refractivity contribution in [1.82, 2.24) is 0 Å². The molecule has 0 heterocycles. The van der Waals surface area contributed by atoms with Crippen LogP contribution in [0, 0.1) is 12.3 Å². The topological polar surface area (TPSA) is 18.5 Å². The Morgan fingerprint density at radius 2 is 1.82 bits per heavy atom. The van der Waals surface area contributed by atoms with Crippen molar-refractivity contribution in [2.45, 2.75) is 78.6 Å². The molecule has 0 spiro atoms. The highest BCUT2D eigenvalue weighted by atomic mass is 28.3. The number of benzene rings is 1. The molecule has 2 nitrogen and oxygen atoms in total. The third kappa shape index (κ3) is 3.88. The number of ether oxygens (including phenoxy) is 2. The number of hydrogen-bond acceptors (Lipinski definition) is 2. The number of allylic oxidation sites excluding steroid dienone is 3. The Balaban J connectivity index is 1.99. The minimum Gasteiger partial charge on any atom is -0.496 e. The molecule has 0 aromatic heterocycles. The van der Waals surface area contributed by atoms with Crippen molar-refractivity contribution in [3.63, 3.8) is 0 Å². The summed E-state index contributed by atoms with van der Waals surface area (Å²) >= 11 is 0. The lowest BCUT2D eigenvalue weighted by Gasteiger charge is -2.40. The molecule has 28 heavy (non-hydrogen) atoms. The molecule has 0 bridgehead atoms. The van der Waals surface area contributed by atoms with E-state index >= 15 is 0 Å². The van der Waals surface area contributed by atoms with Crippen LogP contribution in [0.3, 0.4) is 0 Å². The van der Waals surface area contributed by atoms with E-state index in [9.17, 15) is 0 Å². The first-order valence-corrected chi connectivity index (χ1v) is 14.2. The smallest absolute Gasteiger partial charge is 0.122 e. The highest BCUT2D eigenvalue weighted by Gasteiger charge is 2.46. The Morgan fingerprint density at radius 1 is 1.11 bits per heavy atom. The minimum atomic E-state index is -1.35. The van der Waals surface area contributed by atoms with E-state index in [0.29, 0.717) is 6.10 Å². The molecule has 0 N–H and O–H groups in total. The molecule has 0 amide bonds. The molecule has 0 saturated heterocycles. The van der Waals surface area contributed by atoms with Gasteiger partial charge in [0.25, 0.3) is 0 Å². The van der Waals surface area contributed by atoms with Crippen molar-refractivity contribution >= 4 is 8.07 Å². The number of hydrogen-bond donors (Lipinski definition) is 0. The third-order valence-electron chi connectivity index (χ3n) is 7.17. The molecule has 1 aromatic carbocycles. The van der Waals surface area contributed by atoms with Gasteiger partial charge < -0.3 is 9.47 Å². The maximum atomic E-state index is 5.83. The van der Waals surface area contributed by atoms with Gasteiger partial charge in [-0.05, 0) is 74.1 Å². The van der Waals surface area contributed by atoms with Gasteiger partial charge >= 0.3 is 0 Å². The summed E-state index contributed by atoms with van der Waals surface area (Å²) in [4.78, 5) is 0. The fourth-order valence-corrected chi connectivity index (χ4v) is 7.71. The van der Waals surface area contributed by atoms with E-state index in [0.717, 1.165) is 25.0 Å². The fourth-order valence-electron chi connectivity index (χ4n) is 5.51. The maximum Gasteiger partial charge on any atom is 0.122 e. The predicted molar refractivity (Wildman–Crippen MR) is 122 cm³/mol. The number of methoxy groups -OCH3 is 2. The van der Waals surface area contributed by atoms with Crippen molar-refractivity contribution in [3.8, 4) is 5.75 Å². The quantitative estimate of drug-likeness (QED) is 0.500. The van der Waals surface area contributed by atoms with Gasteiger partial charge in [0, 0.05) is 7.11 Å². The van der Waals surface area contributed by atoms with Crippen LogP contribution in [0.25, 0.3) is 0 Å². The number of fused-ring (bicyclic) bond motifs is 1. The zero-order valence-electron chi connectivity index (χ0n) is 19.2. The average Bonchev–Trinajstić information content (AvgIpc) is 2.98. The van der Waals surface area contributed by atoms with E-state index in [1.165, 1.54) is 24.0 Å². The standard InChI is InChI=1S/C25H38O2Si/c1-17-19(10-9-11-23(17)27-5)12-13-21-18(2)24(28(6,7)8)16-25(3)15-20(26-4)14-22(21)25/h9-11,20H,12-16H2,1-8H3/t20?,25-/m1/s1. The molecule has 1 unspecified atom stereocenters. The van der Waals surface area contributed by atoms with Crippen LogP contribution in [0.4, 0.5) is 0 Å². The number of aryl methyl sites for hydroxylation is 1. The van der Waals surface area contributed by atoms with Gasteiger partial charge in [0.05, 0.1) is 21.3 Å². The third-order valence-corrected chi connectivity index (χ3v) is 9.54. The second-order valence-corrected chi connectivity index (χ2v) is 15.2. The van der Waals surface area contributed by atoms with E-state index in [2.05, 4.69) is 58.6 Å². The molecular weight excluding hydrogens is 360 g/mol. The van der Waals surface area contributed by atoms with Crippen LogP contribution in [-0.4, -0.2) is 28.4 Å². The average molecular weight is 399 g/mol. The van der Waals surface area contributed by atoms with Crippen LogP contribution in [0.2, 0.25) is 19.6 Å². The van der Waals surface area contributed by atoms with Crippen LogP contribution in [0.5, 0.6) is 5.75 Å². The molecule has 1 fully saturated rings. The highest BCUT2D eigenvalue weighted by Crippen LogP contribution is 2.55. The first kappa shape index (κ1) is 21.4. The van der Waals surface area contributed by atoms with Crippen molar-refractivity contribution in [2.24, 2.45) is 5.41 Å². The molecule has 2 aliphatic carbocycles. The van der Waals surface area contributed by atoms with Gasteiger partial charge in [0.2, 0.25) is 0 Å². The van der Waals surface area contributed by atoms with Gasteiger partial charge in [0.15, 0.2) is 0 Å². The largest absolute Gasteiger partial charge is 0.496 e. The summed E-state index contributed by atoms with van der Waals surface area (Å²) in [5.74, 6) is 0.999. The molecule has 3 rings (SSSR count). The van der Waals surface area contributed by atoms with E-state index in [1.807, 2.05) is 7.11 Å². The summed E-state index contributed by atoms with van der Waals surface area (Å²) in [7, 11) is 2.29. The van der Waals surface area contributed by atoms with Gasteiger partial charge in [-0.3, -0.25) is 0 Å². The summed E-state index contributed by atoms with van der Waals surface area (Å²) < 4.78 is 11.4. The molecule has 154 valence electrons. The summed E-state index contributed by atoms with van der Waals surface area (Å²) in [5, 5.41) is 1.77. The lowest BCUT2D eigenvalue weighted by molar-refractivity contribution is 0.0975. The van der Waals surface area contributed by atoms with E-state index in [-0.39, 0.29) is 5.41 Å². The first-order valence-electron chi connectivity index (χ1n) is 10.7. The second-order valence-electron chi connectivity index (χ2n) is 10.1. The molecule has 0 radical (unpaired) electrons. The summed E-state index contributed by atoms with van der Waals surface area (Å²) in [5.41, 5.74) is 7.89. The molecule has 0 aliphatic heterocycles. The first-order chi connectivity index (χ1) is 13.1. The lowest BCUT2D eigenvalue weighted by atomic mass is 9.72. The van der Waals surface area contributed by atoms with E-state index in [4.69, 9.17) is 9.47 Å². The fraction of sp³-hybridized carbons (Fsp3) is 0.600. The summed E-state index contributed by atoms with van der Waals surface area (Å²) in [6.45, 7) is 14.6. The SMILES string of the molecule is COc1cccc(CCC2=C3CC(OC)C[C@]3(C)CC([Si](C)(C)C)=C2C)c1C. The van der Waals surface area contributed by atoms with Crippen LogP contribution in [0.15, 0.2) is 40.1 Å². The number of rotatable bonds is 6. The van der Waals surface area contributed by atoms with Gasteiger partial charge in [-0.15, -0.1) is 0 Å². The van der Waals surface area contributed by atoms with Gasteiger partial charge in [-0.2, -0.15) is 0 Å². The van der Waals surface area contributed by atoms with Gasteiger partial charge in [0.1, 0.15) is 5.75 Å². The van der Waals surface area contributed by atoms with E-state index < -0.39 is 8.07 Å². The Morgan fingerprint density at radius 3 is 2.43 bits per heavy atom. The highest BCUT2D eigenvalue weighted by molar-refractivity contribution is 6.83. The molecular formula is C25H38O2Si. The van der Waals surface area contributed by atoms with Gasteiger partial charge in [-0.1, -0.05) is 55.0 Å². The minimum absolute atomic E-state index is 0.286. The Bertz CT molecular complexity index is 812. The van der Waals surface area contributed by atoms with Crippen molar-refractivity contribution in [1.29, 1.82) is 0 Å². The summed E-state index contributed by atoms with van der Waals surface area (Å²) in [6.07, 6.45) is 6.09. The normalized spacial score (nSPS) is 25.4. The van der Waals surface area contributed by atoms with Crippen molar-refractivity contribution in [2.75, 3.05) is 14.2 Å². The molecule has 2 aliphatic rings. The Kier molecular flexibility index (Phi) is 5.98. The van der Waals surface area contributed by atoms with Crippen LogP contribution in [-0.2, 0) is 11.2 Å². The second kappa shape index (κ2) is 7.83. The monoisotopic (exact) mass is 398 g/mol. The maximum absolute atomic E-state index is 5.83. The van der Waals surface area contributed by atoms with Crippen LogP contribution < -0.4 is 4.74 Å². The summed E-state index contributed by atoms with van der Waals surface area (Å²) in [6, 6.07) is 6.44. The molecule has 1 saturated carbocycles. The van der Waals surface area contributed by atoms with Crippen molar-refractivity contribution < 1.29 is 9.47 Å². The van der Waals surface area contributed by atoms with Crippen LogP contribution >= 0.6 is 0 Å². The van der Waals surface area contributed by atoms with Crippen LogP contribution in [0.1, 0.15) is 50.7 Å². The van der Waals surface area contributed by atoms with Gasteiger partial charge in [-0.25, -0.2) is 0 Å². The van der Waals surface area contributed by atoms with E-state index in [1.54, 1.807) is 29.0 Å². The zero-order chi connectivity index (χ0) is 20.7. The molecule has 3 heteroatoms. The predicted octanol–water partition coefficient (Wildman–Crippen LogP) is 6.65. The lowest BCUT2D eigenvalue weighted by Crippen LogP contribution is -2.33. The molecule has 1 aromatic rings. The Hall–Kier alpha value is -1.32. The Labute approximate surface area is 173 Å². The zero-order valence-corrected chi connectivity index (χ0v) is 20.2. The molecule has 2 atom stereocenters.